The van der Waals surface area contributed by atoms with Crippen molar-refractivity contribution in [3.63, 3.8) is 0 Å². The molecule has 50 heavy (non-hydrogen) atoms. The Morgan fingerprint density at radius 2 is 1.64 bits per heavy atom. The minimum absolute atomic E-state index is 0. The van der Waals surface area contributed by atoms with Gasteiger partial charge in [0.15, 0.2) is 11.6 Å². The maximum absolute atomic E-state index is 14.4. The van der Waals surface area contributed by atoms with Crippen molar-refractivity contribution < 1.29 is 22.3 Å². The molecule has 3 aliphatic heterocycles. The van der Waals surface area contributed by atoms with Gasteiger partial charge in [0.1, 0.15) is 17.9 Å². The number of hydrogen-bond donors (Lipinski definition) is 1. The maximum Gasteiger partial charge on any atom is 0.258 e. The summed E-state index contributed by atoms with van der Waals surface area (Å²) in [5.74, 6) is 0.548. The Bertz CT molecular complexity index is 1790. The van der Waals surface area contributed by atoms with Gasteiger partial charge in [0.2, 0.25) is 0 Å². The molecule has 4 heterocycles. The van der Waals surface area contributed by atoms with Crippen LogP contribution in [0.2, 0.25) is 0 Å². The number of ether oxygens (including phenoxy) is 1. The predicted molar refractivity (Wildman–Crippen MR) is 191 cm³/mol. The number of piperidine rings is 1. The summed E-state index contributed by atoms with van der Waals surface area (Å²) in [6.45, 7) is 12.6. The Hall–Kier alpha value is -3.36. The molecule has 1 N–H and O–H groups in total. The van der Waals surface area contributed by atoms with Gasteiger partial charge in [-0.2, -0.15) is 0 Å². The van der Waals surface area contributed by atoms with E-state index in [4.69, 9.17) is 4.74 Å². The van der Waals surface area contributed by atoms with Crippen LogP contribution in [-0.4, -0.2) is 88.9 Å². The van der Waals surface area contributed by atoms with Crippen molar-refractivity contribution in [1.29, 1.82) is 0 Å². The SMILES string of the molecule is CC(C)N(C(=O)c1cc(F)ccc1Oc1cncnc1N1CC2(CCN(Cc3ccc(S(=O)(=O)N4CC5(CCC5)N4)cc3)CC2)C1)C(C)C.Cl. The van der Waals surface area contributed by atoms with Crippen LogP contribution in [0.3, 0.4) is 0 Å². The van der Waals surface area contributed by atoms with Gasteiger partial charge in [-0.3, -0.25) is 9.69 Å². The number of carbonyl (C=O) groups is 1. The molecule has 0 radical (unpaired) electrons. The summed E-state index contributed by atoms with van der Waals surface area (Å²) in [7, 11) is -3.52. The van der Waals surface area contributed by atoms with Crippen molar-refractivity contribution in [3.8, 4) is 11.5 Å². The third-order valence-electron chi connectivity index (χ3n) is 10.7. The van der Waals surface area contributed by atoms with E-state index < -0.39 is 15.8 Å². The van der Waals surface area contributed by atoms with Crippen LogP contribution >= 0.6 is 12.4 Å². The van der Waals surface area contributed by atoms with E-state index in [1.807, 2.05) is 39.8 Å². The lowest BCUT2D eigenvalue weighted by Crippen LogP contribution is -2.75. The normalized spacial score (nSPS) is 19.9. The summed E-state index contributed by atoms with van der Waals surface area (Å²) in [5, 5.41) is 0. The molecule has 3 saturated heterocycles. The number of carbonyl (C=O) groups excluding carboxylic acids is 1. The number of likely N-dealkylation sites (tertiary alicyclic amines) is 1. The highest BCUT2D eigenvalue weighted by molar-refractivity contribution is 7.89. The number of hydrogen-bond acceptors (Lipinski definition) is 9. The lowest BCUT2D eigenvalue weighted by molar-refractivity contribution is -0.0164. The number of anilines is 1. The number of sulfonamides is 1. The standard InChI is InChI=1S/C36H46FN7O4S.ClH/c1-25(2)44(26(3)4)34(45)30-18-28(37)8-11-31(30)48-32-19-38-24-39-33(32)42-21-35(22-42)14-16-41(17-15-35)20-27-6-9-29(10-7-27)49(46,47)43-23-36(40-43)12-5-13-36;/h6-11,18-19,24-26,40H,5,12-17,20-23H2,1-4H3;1H. The Morgan fingerprint density at radius 1 is 0.980 bits per heavy atom. The fourth-order valence-corrected chi connectivity index (χ4v) is 9.28. The van der Waals surface area contributed by atoms with Crippen LogP contribution in [0.1, 0.15) is 75.7 Å². The molecule has 2 aromatic carbocycles. The quantitative estimate of drug-likeness (QED) is 0.285. The smallest absolute Gasteiger partial charge is 0.258 e. The Morgan fingerprint density at radius 3 is 2.24 bits per heavy atom. The van der Waals surface area contributed by atoms with Gasteiger partial charge in [0.25, 0.3) is 15.9 Å². The van der Waals surface area contributed by atoms with Crippen molar-refractivity contribution in [1.82, 2.24) is 29.6 Å². The van der Waals surface area contributed by atoms with E-state index >= 15 is 0 Å². The molecule has 270 valence electrons. The highest BCUT2D eigenvalue weighted by atomic mass is 35.5. The van der Waals surface area contributed by atoms with E-state index in [1.165, 1.54) is 28.9 Å². The first-order chi connectivity index (χ1) is 23.4. The highest BCUT2D eigenvalue weighted by Gasteiger charge is 2.51. The molecule has 4 fully saturated rings. The number of aromatic nitrogens is 2. The lowest BCUT2D eigenvalue weighted by Gasteiger charge is -2.55. The summed E-state index contributed by atoms with van der Waals surface area (Å²) in [5.41, 5.74) is 4.62. The van der Waals surface area contributed by atoms with Gasteiger partial charge in [0, 0.05) is 49.2 Å². The Kier molecular flexibility index (Phi) is 10.2. The molecular formula is C36H47ClFN7O4S. The van der Waals surface area contributed by atoms with Crippen LogP contribution < -0.4 is 15.1 Å². The highest BCUT2D eigenvalue weighted by Crippen LogP contribution is 2.45. The van der Waals surface area contributed by atoms with Gasteiger partial charge in [-0.25, -0.2) is 28.2 Å². The fourth-order valence-electron chi connectivity index (χ4n) is 7.81. The van der Waals surface area contributed by atoms with E-state index in [9.17, 15) is 17.6 Å². The Labute approximate surface area is 300 Å². The van der Waals surface area contributed by atoms with Gasteiger partial charge in [-0.1, -0.05) is 12.1 Å². The summed E-state index contributed by atoms with van der Waals surface area (Å²) in [6, 6.07) is 11.2. The Balaban J connectivity index is 0.00000432. The molecular weight excluding hydrogens is 681 g/mol. The molecule has 7 rings (SSSR count). The molecule has 14 heteroatoms. The average Bonchev–Trinajstić information content (AvgIpc) is 3.00. The number of hydrazine groups is 1. The van der Waals surface area contributed by atoms with Crippen molar-refractivity contribution in [3.05, 3.63) is 71.9 Å². The second-order valence-corrected chi connectivity index (χ2v) is 16.7. The van der Waals surface area contributed by atoms with Crippen LogP contribution in [-0.2, 0) is 16.6 Å². The molecule has 0 bridgehead atoms. The lowest BCUT2D eigenvalue weighted by atomic mass is 9.72. The summed E-state index contributed by atoms with van der Waals surface area (Å²) in [6.07, 6.45) is 8.41. The molecule has 4 aliphatic rings. The first-order valence-electron chi connectivity index (χ1n) is 17.3. The topological polar surface area (TPSA) is 111 Å². The second kappa shape index (κ2) is 14.0. The summed E-state index contributed by atoms with van der Waals surface area (Å²) >= 11 is 0. The van der Waals surface area contributed by atoms with Gasteiger partial charge >= 0.3 is 0 Å². The first kappa shape index (κ1) is 36.4. The molecule has 0 atom stereocenters. The molecule has 0 unspecified atom stereocenters. The minimum atomic E-state index is -3.52. The van der Waals surface area contributed by atoms with Gasteiger partial charge in [-0.15, -0.1) is 16.8 Å². The van der Waals surface area contributed by atoms with E-state index in [0.717, 1.165) is 70.4 Å². The second-order valence-electron chi connectivity index (χ2n) is 14.9. The predicted octanol–water partition coefficient (Wildman–Crippen LogP) is 5.62. The summed E-state index contributed by atoms with van der Waals surface area (Å²) < 4.78 is 48.1. The van der Waals surface area contributed by atoms with E-state index in [0.29, 0.717) is 23.0 Å². The molecule has 1 amide bonds. The van der Waals surface area contributed by atoms with Crippen LogP contribution in [0.15, 0.2) is 59.9 Å². The molecule has 1 aliphatic carbocycles. The number of benzene rings is 2. The largest absolute Gasteiger partial charge is 0.451 e. The first-order valence-corrected chi connectivity index (χ1v) is 18.8. The number of rotatable bonds is 10. The van der Waals surface area contributed by atoms with Crippen molar-refractivity contribution in [2.45, 2.75) is 88.9 Å². The molecule has 11 nitrogen and oxygen atoms in total. The van der Waals surface area contributed by atoms with Crippen molar-refractivity contribution in [2.24, 2.45) is 5.41 Å². The third kappa shape index (κ3) is 6.94. The van der Waals surface area contributed by atoms with E-state index in [1.54, 1.807) is 23.2 Å². The van der Waals surface area contributed by atoms with Crippen molar-refractivity contribution >= 4 is 34.2 Å². The van der Waals surface area contributed by atoms with Gasteiger partial charge < -0.3 is 14.5 Å². The zero-order valence-electron chi connectivity index (χ0n) is 29.1. The fraction of sp³-hybridized carbons (Fsp3) is 0.528. The average molecular weight is 728 g/mol. The van der Waals surface area contributed by atoms with Crippen LogP contribution in [0.4, 0.5) is 10.2 Å². The number of amides is 1. The number of nitrogens with one attached hydrogen (secondary N) is 1. The van der Waals surface area contributed by atoms with E-state index in [-0.39, 0.29) is 52.7 Å². The maximum atomic E-state index is 14.4. The van der Waals surface area contributed by atoms with E-state index in [2.05, 4.69) is 25.2 Å². The molecule has 1 aromatic heterocycles. The third-order valence-corrected chi connectivity index (χ3v) is 12.4. The zero-order valence-corrected chi connectivity index (χ0v) is 30.8. The van der Waals surface area contributed by atoms with Crippen LogP contribution in [0.25, 0.3) is 0 Å². The minimum Gasteiger partial charge on any atom is -0.451 e. The van der Waals surface area contributed by atoms with Crippen LogP contribution in [0.5, 0.6) is 11.5 Å². The zero-order chi connectivity index (χ0) is 34.6. The number of nitrogens with zero attached hydrogens (tertiary/aromatic N) is 6. The van der Waals surface area contributed by atoms with Crippen molar-refractivity contribution in [2.75, 3.05) is 37.6 Å². The summed E-state index contributed by atoms with van der Waals surface area (Å²) in [4.78, 5) is 28.9. The molecule has 3 aromatic rings. The van der Waals surface area contributed by atoms with Gasteiger partial charge in [0.05, 0.1) is 16.7 Å². The molecule has 2 spiro atoms. The molecule has 1 saturated carbocycles. The van der Waals surface area contributed by atoms with Crippen LogP contribution in [0, 0.1) is 11.2 Å². The van der Waals surface area contributed by atoms with Gasteiger partial charge in [-0.05, 0) is 109 Å². The number of halogens is 2. The monoisotopic (exact) mass is 727 g/mol.